The van der Waals surface area contributed by atoms with Crippen LogP contribution < -0.4 is 0 Å². The van der Waals surface area contributed by atoms with Crippen LogP contribution >= 0.6 is 11.6 Å². The number of nitroso groups, excluding NO2 is 1. The SMILES string of the molecule is CC(C)C(CCl)N=O.CCO. The van der Waals surface area contributed by atoms with E-state index in [4.69, 9.17) is 16.7 Å². The molecule has 0 bridgehead atoms. The van der Waals surface area contributed by atoms with E-state index < -0.39 is 0 Å². The highest BCUT2D eigenvalue weighted by Crippen LogP contribution is 2.06. The van der Waals surface area contributed by atoms with Gasteiger partial charge in [-0.15, -0.1) is 11.6 Å². The van der Waals surface area contributed by atoms with E-state index in [2.05, 4.69) is 5.18 Å². The number of nitrogens with zero attached hydrogens (tertiary/aromatic N) is 1. The third-order valence-corrected chi connectivity index (χ3v) is 1.38. The molecule has 0 aliphatic carbocycles. The fourth-order valence-electron chi connectivity index (χ4n) is 0.328. The predicted octanol–water partition coefficient (Wildman–Crippen LogP) is 2.01. The first-order chi connectivity index (χ1) is 5.13. The third-order valence-electron chi connectivity index (χ3n) is 1.06. The lowest BCUT2D eigenvalue weighted by Gasteiger charge is -2.06. The number of aliphatic hydroxyl groups excluding tert-OH is 1. The van der Waals surface area contributed by atoms with Crippen LogP contribution in [0.25, 0.3) is 0 Å². The third kappa shape index (κ3) is 9.85. The van der Waals surface area contributed by atoms with Crippen molar-refractivity contribution in [3.8, 4) is 0 Å². The Kier molecular flexibility index (Phi) is 12.0. The second kappa shape index (κ2) is 9.85. The molecule has 1 unspecified atom stereocenters. The second-order valence-electron chi connectivity index (χ2n) is 2.39. The molecule has 1 atom stereocenters. The number of aliphatic hydroxyl groups is 1. The number of hydrogen-bond acceptors (Lipinski definition) is 3. The Morgan fingerprint density at radius 3 is 1.91 bits per heavy atom. The van der Waals surface area contributed by atoms with Gasteiger partial charge in [0.25, 0.3) is 0 Å². The molecule has 0 saturated carbocycles. The quantitative estimate of drug-likeness (QED) is 0.535. The van der Waals surface area contributed by atoms with Crippen LogP contribution in [0.2, 0.25) is 0 Å². The van der Waals surface area contributed by atoms with E-state index in [1.54, 1.807) is 6.92 Å². The fraction of sp³-hybridized carbons (Fsp3) is 1.00. The van der Waals surface area contributed by atoms with Crippen molar-refractivity contribution in [3.63, 3.8) is 0 Å². The summed E-state index contributed by atoms with van der Waals surface area (Å²) in [5.41, 5.74) is 0. The summed E-state index contributed by atoms with van der Waals surface area (Å²) in [4.78, 5) is 9.84. The smallest absolute Gasteiger partial charge is 0.108 e. The van der Waals surface area contributed by atoms with Crippen LogP contribution in [0.1, 0.15) is 20.8 Å². The zero-order valence-corrected chi connectivity index (χ0v) is 8.01. The summed E-state index contributed by atoms with van der Waals surface area (Å²) in [6.07, 6.45) is 0. The molecule has 0 heterocycles. The molecule has 0 aromatic rings. The molecule has 0 rings (SSSR count). The Morgan fingerprint density at radius 1 is 1.55 bits per heavy atom. The van der Waals surface area contributed by atoms with Gasteiger partial charge < -0.3 is 5.11 Å². The van der Waals surface area contributed by atoms with Gasteiger partial charge in [0.1, 0.15) is 6.04 Å². The summed E-state index contributed by atoms with van der Waals surface area (Å²) in [7, 11) is 0. The molecule has 0 aliphatic heterocycles. The van der Waals surface area contributed by atoms with Gasteiger partial charge in [0, 0.05) is 12.5 Å². The number of hydrogen-bond donors (Lipinski definition) is 1. The number of rotatable bonds is 3. The molecular formula is C7H16ClNO2. The Morgan fingerprint density at radius 2 is 1.91 bits per heavy atom. The summed E-state index contributed by atoms with van der Waals surface area (Å²) in [5.74, 6) is 0.603. The normalized spacial score (nSPS) is 11.8. The van der Waals surface area contributed by atoms with E-state index in [1.165, 1.54) is 0 Å². The highest BCUT2D eigenvalue weighted by molar-refractivity contribution is 6.18. The minimum Gasteiger partial charge on any atom is -0.397 e. The highest BCUT2D eigenvalue weighted by atomic mass is 35.5. The van der Waals surface area contributed by atoms with Crippen LogP contribution in [0, 0.1) is 10.8 Å². The van der Waals surface area contributed by atoms with Crippen LogP contribution in [0.3, 0.4) is 0 Å². The van der Waals surface area contributed by atoms with Crippen molar-refractivity contribution in [2.45, 2.75) is 26.8 Å². The van der Waals surface area contributed by atoms with Gasteiger partial charge in [-0.05, 0) is 12.8 Å². The molecule has 0 fully saturated rings. The summed E-state index contributed by atoms with van der Waals surface area (Å²) in [5, 5.41) is 10.4. The largest absolute Gasteiger partial charge is 0.397 e. The molecule has 0 spiro atoms. The van der Waals surface area contributed by atoms with Crippen molar-refractivity contribution < 1.29 is 5.11 Å². The van der Waals surface area contributed by atoms with E-state index in [1.807, 2.05) is 13.8 Å². The Bertz CT molecular complexity index is 88.5. The van der Waals surface area contributed by atoms with Gasteiger partial charge in [-0.1, -0.05) is 19.0 Å². The van der Waals surface area contributed by atoms with E-state index in [9.17, 15) is 4.91 Å². The first-order valence-corrected chi connectivity index (χ1v) is 4.16. The monoisotopic (exact) mass is 181 g/mol. The lowest BCUT2D eigenvalue weighted by Crippen LogP contribution is -2.13. The molecule has 4 heteroatoms. The van der Waals surface area contributed by atoms with Gasteiger partial charge >= 0.3 is 0 Å². The summed E-state index contributed by atoms with van der Waals surface area (Å²) < 4.78 is 0. The average molecular weight is 182 g/mol. The molecule has 3 nitrogen and oxygen atoms in total. The van der Waals surface area contributed by atoms with Crippen molar-refractivity contribution in [2.75, 3.05) is 12.5 Å². The van der Waals surface area contributed by atoms with Crippen molar-refractivity contribution in [2.24, 2.45) is 11.1 Å². The maximum absolute atomic E-state index is 9.84. The molecule has 11 heavy (non-hydrogen) atoms. The van der Waals surface area contributed by atoms with Crippen LogP contribution in [0.5, 0.6) is 0 Å². The molecule has 0 amide bonds. The first-order valence-electron chi connectivity index (χ1n) is 3.63. The van der Waals surface area contributed by atoms with Gasteiger partial charge in [-0.25, -0.2) is 0 Å². The van der Waals surface area contributed by atoms with Crippen LogP contribution in [0.4, 0.5) is 0 Å². The first kappa shape index (κ1) is 13.4. The highest BCUT2D eigenvalue weighted by Gasteiger charge is 2.10. The minimum absolute atomic E-state index is 0.211. The maximum Gasteiger partial charge on any atom is 0.108 e. The van der Waals surface area contributed by atoms with Gasteiger partial charge in [-0.3, -0.25) is 0 Å². The molecule has 0 saturated heterocycles. The van der Waals surface area contributed by atoms with E-state index in [0.717, 1.165) is 0 Å². The van der Waals surface area contributed by atoms with Gasteiger partial charge in [0.2, 0.25) is 0 Å². The topological polar surface area (TPSA) is 49.7 Å². The maximum atomic E-state index is 9.84. The van der Waals surface area contributed by atoms with Crippen molar-refractivity contribution >= 4 is 11.6 Å². The summed E-state index contributed by atoms with van der Waals surface area (Å²) in [6, 6.07) is -0.211. The second-order valence-corrected chi connectivity index (χ2v) is 2.70. The van der Waals surface area contributed by atoms with E-state index >= 15 is 0 Å². The van der Waals surface area contributed by atoms with Crippen LogP contribution in [-0.2, 0) is 0 Å². The molecule has 68 valence electrons. The lowest BCUT2D eigenvalue weighted by atomic mass is 10.1. The Hall–Kier alpha value is -0.150. The van der Waals surface area contributed by atoms with Crippen LogP contribution in [0.15, 0.2) is 5.18 Å². The molecule has 0 aromatic heterocycles. The minimum atomic E-state index is -0.211. The predicted molar refractivity (Wildman–Crippen MR) is 47.9 cm³/mol. The average Bonchev–Trinajstić information content (AvgIpc) is 1.91. The Balaban J connectivity index is 0. The summed E-state index contributed by atoms with van der Waals surface area (Å²) >= 11 is 5.37. The lowest BCUT2D eigenvalue weighted by molar-refractivity contribution is 0.318. The van der Waals surface area contributed by atoms with Gasteiger partial charge in [0.15, 0.2) is 0 Å². The summed E-state index contributed by atoms with van der Waals surface area (Å²) in [6.45, 7) is 5.78. The zero-order valence-electron chi connectivity index (χ0n) is 7.25. The number of alkyl halides is 1. The van der Waals surface area contributed by atoms with Crippen molar-refractivity contribution in [3.05, 3.63) is 4.91 Å². The molecular weight excluding hydrogens is 166 g/mol. The number of halogens is 1. The van der Waals surface area contributed by atoms with E-state index in [0.29, 0.717) is 5.88 Å². The molecule has 1 N–H and O–H groups in total. The molecule has 0 aromatic carbocycles. The van der Waals surface area contributed by atoms with Gasteiger partial charge in [-0.2, -0.15) is 4.91 Å². The van der Waals surface area contributed by atoms with Crippen molar-refractivity contribution in [1.82, 2.24) is 0 Å². The fourth-order valence-corrected chi connectivity index (χ4v) is 0.741. The standard InChI is InChI=1S/C5H10ClNO.C2H6O/c1-4(2)5(3-6)7-8;1-2-3/h4-5H,3H2,1-2H3;3H,2H2,1H3. The van der Waals surface area contributed by atoms with Crippen LogP contribution in [-0.4, -0.2) is 23.6 Å². The van der Waals surface area contributed by atoms with Crippen molar-refractivity contribution in [1.29, 1.82) is 0 Å². The molecule has 0 radical (unpaired) electrons. The van der Waals surface area contributed by atoms with E-state index in [-0.39, 0.29) is 18.6 Å². The molecule has 0 aliphatic rings. The zero-order chi connectivity index (χ0) is 9.28. The Labute approximate surface area is 72.7 Å². The van der Waals surface area contributed by atoms with Gasteiger partial charge in [0.05, 0.1) is 0 Å².